The lowest BCUT2D eigenvalue weighted by molar-refractivity contribution is 0.00875. The first kappa shape index (κ1) is 12.5. The number of nitrogens with zero attached hydrogens (tertiary/aromatic N) is 2. The molecule has 5 nitrogen and oxygen atoms in total. The number of rotatable bonds is 5. The van der Waals surface area contributed by atoms with Crippen molar-refractivity contribution in [1.82, 2.24) is 15.3 Å². The molecule has 1 aromatic rings. The van der Waals surface area contributed by atoms with Gasteiger partial charge in [0.2, 0.25) is 0 Å². The van der Waals surface area contributed by atoms with Gasteiger partial charge in [-0.1, -0.05) is 0 Å². The summed E-state index contributed by atoms with van der Waals surface area (Å²) in [5.41, 5.74) is 0. The molecule has 3 N–H and O–H groups in total. The molecule has 0 aliphatic carbocycles. The molecule has 0 radical (unpaired) electrons. The fourth-order valence-corrected chi connectivity index (χ4v) is 1.30. The molecule has 1 aromatic heterocycles. The number of halogens is 1. The van der Waals surface area contributed by atoms with Gasteiger partial charge < -0.3 is 15.5 Å². The van der Waals surface area contributed by atoms with Gasteiger partial charge >= 0.3 is 0 Å². The van der Waals surface area contributed by atoms with Gasteiger partial charge in [-0.3, -0.25) is 0 Å². The van der Waals surface area contributed by atoms with Crippen LogP contribution in [-0.4, -0.2) is 39.9 Å². The second-order valence-electron chi connectivity index (χ2n) is 3.16. The summed E-state index contributed by atoms with van der Waals surface area (Å²) in [6, 6.07) is 0. The largest absolute Gasteiger partial charge is 0.390 e. The molecule has 1 rings (SSSR count). The number of aliphatic hydroxyl groups excluding tert-OH is 2. The highest BCUT2D eigenvalue weighted by Gasteiger charge is 2.20. The van der Waals surface area contributed by atoms with Gasteiger partial charge in [-0.15, -0.1) is 0 Å². The Hall–Kier alpha value is -0.560. The van der Waals surface area contributed by atoms with E-state index in [1.54, 1.807) is 7.05 Å². The van der Waals surface area contributed by atoms with Crippen LogP contribution >= 0.6 is 15.9 Å². The van der Waals surface area contributed by atoms with Gasteiger partial charge in [-0.05, 0) is 35.9 Å². The van der Waals surface area contributed by atoms with E-state index in [0.717, 1.165) is 4.47 Å². The lowest BCUT2D eigenvalue weighted by Gasteiger charge is -2.15. The van der Waals surface area contributed by atoms with Crippen LogP contribution in [0.15, 0.2) is 16.9 Å². The van der Waals surface area contributed by atoms with Gasteiger partial charge in [0.15, 0.2) is 5.82 Å². The maximum atomic E-state index is 9.69. The van der Waals surface area contributed by atoms with Crippen LogP contribution in [0.3, 0.4) is 0 Å². The Labute approximate surface area is 96.7 Å². The van der Waals surface area contributed by atoms with Gasteiger partial charge in [0.1, 0.15) is 6.10 Å². The van der Waals surface area contributed by atoms with Crippen molar-refractivity contribution in [3.63, 3.8) is 0 Å². The second kappa shape index (κ2) is 6.12. The van der Waals surface area contributed by atoms with E-state index in [4.69, 9.17) is 0 Å². The Balaban J connectivity index is 2.59. The Morgan fingerprint density at radius 3 is 2.53 bits per heavy atom. The predicted octanol–water partition coefficient (Wildman–Crippen LogP) is 0.243. The summed E-state index contributed by atoms with van der Waals surface area (Å²) in [5.74, 6) is 0.238. The fraction of sp³-hybridized carbons (Fsp3) is 0.556. The molecule has 84 valence electrons. The highest BCUT2D eigenvalue weighted by atomic mass is 79.9. The minimum Gasteiger partial charge on any atom is -0.390 e. The van der Waals surface area contributed by atoms with E-state index in [9.17, 15) is 10.2 Å². The normalized spacial score (nSPS) is 14.9. The van der Waals surface area contributed by atoms with Crippen LogP contribution in [0.4, 0.5) is 0 Å². The molecule has 2 atom stereocenters. The van der Waals surface area contributed by atoms with Crippen molar-refractivity contribution in [2.45, 2.75) is 18.6 Å². The van der Waals surface area contributed by atoms with Crippen LogP contribution in [-0.2, 0) is 0 Å². The molecule has 0 spiro atoms. The Morgan fingerprint density at radius 2 is 2.00 bits per heavy atom. The SMILES string of the molecule is CNCCC(O)C(O)c1ncc(Br)cn1. The fourth-order valence-electron chi connectivity index (χ4n) is 1.10. The monoisotopic (exact) mass is 275 g/mol. The van der Waals surface area contributed by atoms with Crippen molar-refractivity contribution in [2.24, 2.45) is 0 Å². The van der Waals surface area contributed by atoms with Gasteiger partial charge in [0, 0.05) is 12.4 Å². The van der Waals surface area contributed by atoms with Crippen LogP contribution in [0.2, 0.25) is 0 Å². The maximum absolute atomic E-state index is 9.69. The first-order chi connectivity index (χ1) is 7.15. The summed E-state index contributed by atoms with van der Waals surface area (Å²) in [4.78, 5) is 7.84. The smallest absolute Gasteiger partial charge is 0.159 e. The van der Waals surface area contributed by atoms with E-state index >= 15 is 0 Å². The zero-order chi connectivity index (χ0) is 11.3. The van der Waals surface area contributed by atoms with Crippen molar-refractivity contribution in [3.05, 3.63) is 22.7 Å². The minimum absolute atomic E-state index is 0.238. The maximum Gasteiger partial charge on any atom is 0.159 e. The summed E-state index contributed by atoms with van der Waals surface area (Å²) >= 11 is 3.19. The van der Waals surface area contributed by atoms with Gasteiger partial charge in [-0.2, -0.15) is 0 Å². The molecule has 0 aromatic carbocycles. The predicted molar refractivity (Wildman–Crippen MR) is 59.2 cm³/mol. The molecule has 0 fully saturated rings. The number of hydrogen-bond donors (Lipinski definition) is 3. The summed E-state index contributed by atoms with van der Waals surface area (Å²) in [7, 11) is 1.79. The van der Waals surface area contributed by atoms with E-state index in [1.807, 2.05) is 0 Å². The minimum atomic E-state index is -1.04. The zero-order valence-corrected chi connectivity index (χ0v) is 9.98. The topological polar surface area (TPSA) is 78.3 Å². The standard InChI is InChI=1S/C9H14BrN3O2/c1-11-3-2-7(14)8(15)9-12-4-6(10)5-13-9/h4-5,7-8,11,14-15H,2-3H2,1H3. The van der Waals surface area contributed by atoms with Crippen LogP contribution in [0.5, 0.6) is 0 Å². The summed E-state index contributed by atoms with van der Waals surface area (Å²) in [6.45, 7) is 0.634. The molecule has 0 saturated carbocycles. The first-order valence-electron chi connectivity index (χ1n) is 4.63. The quantitative estimate of drug-likeness (QED) is 0.718. The summed E-state index contributed by atoms with van der Waals surface area (Å²) in [6.07, 6.45) is 1.65. The van der Waals surface area contributed by atoms with Gasteiger partial charge in [0.05, 0.1) is 10.6 Å². The van der Waals surface area contributed by atoms with Crippen molar-refractivity contribution in [1.29, 1.82) is 0 Å². The van der Waals surface area contributed by atoms with Crippen molar-refractivity contribution in [2.75, 3.05) is 13.6 Å². The van der Waals surface area contributed by atoms with Crippen LogP contribution in [0, 0.1) is 0 Å². The Kier molecular flexibility index (Phi) is 5.10. The molecule has 1 heterocycles. The van der Waals surface area contributed by atoms with E-state index in [1.165, 1.54) is 12.4 Å². The summed E-state index contributed by atoms with van der Waals surface area (Å²) in [5, 5.41) is 22.2. The van der Waals surface area contributed by atoms with Crippen molar-refractivity contribution < 1.29 is 10.2 Å². The van der Waals surface area contributed by atoms with Crippen LogP contribution < -0.4 is 5.32 Å². The number of nitrogens with one attached hydrogen (secondary N) is 1. The number of hydrogen-bond acceptors (Lipinski definition) is 5. The van der Waals surface area contributed by atoms with Crippen molar-refractivity contribution in [3.8, 4) is 0 Å². The molecule has 0 aliphatic rings. The summed E-state index contributed by atoms with van der Waals surface area (Å²) < 4.78 is 0.739. The Bertz CT molecular complexity index is 294. The van der Waals surface area contributed by atoms with E-state index in [0.29, 0.717) is 13.0 Å². The van der Waals surface area contributed by atoms with Crippen molar-refractivity contribution >= 4 is 15.9 Å². The lowest BCUT2D eigenvalue weighted by atomic mass is 10.1. The molecule has 0 amide bonds. The van der Waals surface area contributed by atoms with Gasteiger partial charge in [0.25, 0.3) is 0 Å². The lowest BCUT2D eigenvalue weighted by Crippen LogP contribution is -2.24. The van der Waals surface area contributed by atoms with Gasteiger partial charge in [-0.25, -0.2) is 9.97 Å². The molecule has 0 bridgehead atoms. The molecule has 6 heteroatoms. The molecule has 15 heavy (non-hydrogen) atoms. The number of aliphatic hydroxyl groups is 2. The van der Waals surface area contributed by atoms with E-state index < -0.39 is 12.2 Å². The average molecular weight is 276 g/mol. The highest BCUT2D eigenvalue weighted by Crippen LogP contribution is 2.15. The third-order valence-electron chi connectivity index (χ3n) is 1.96. The van der Waals surface area contributed by atoms with Crippen LogP contribution in [0.1, 0.15) is 18.3 Å². The second-order valence-corrected chi connectivity index (χ2v) is 4.08. The zero-order valence-electron chi connectivity index (χ0n) is 8.39. The molecule has 0 aliphatic heterocycles. The molecule has 2 unspecified atom stereocenters. The molecular weight excluding hydrogens is 262 g/mol. The van der Waals surface area contributed by atoms with E-state index in [-0.39, 0.29) is 5.82 Å². The average Bonchev–Trinajstić information content (AvgIpc) is 2.26. The van der Waals surface area contributed by atoms with Crippen LogP contribution in [0.25, 0.3) is 0 Å². The molecular formula is C9H14BrN3O2. The molecule has 0 saturated heterocycles. The third kappa shape index (κ3) is 3.83. The highest BCUT2D eigenvalue weighted by molar-refractivity contribution is 9.10. The number of aromatic nitrogens is 2. The van der Waals surface area contributed by atoms with E-state index in [2.05, 4.69) is 31.2 Å². The first-order valence-corrected chi connectivity index (χ1v) is 5.42. The third-order valence-corrected chi connectivity index (χ3v) is 2.37. The Morgan fingerprint density at radius 1 is 1.40 bits per heavy atom.